The summed E-state index contributed by atoms with van der Waals surface area (Å²) < 4.78 is 22.9. The fourth-order valence-corrected chi connectivity index (χ4v) is 8.83. The fourth-order valence-electron chi connectivity index (χ4n) is 8.83. The molecule has 0 aliphatic rings. The minimum atomic E-state index is -1.52. The van der Waals surface area contributed by atoms with Crippen LogP contribution in [0.5, 0.6) is 0 Å². The number of allylic oxidation sites excluding steroid dienone is 18. The molecule has 0 aliphatic heterocycles. The van der Waals surface area contributed by atoms with Crippen LogP contribution in [0, 0.1) is 0 Å². The Morgan fingerprint density at radius 3 is 1.06 bits per heavy atom. The first-order chi connectivity index (χ1) is 39.1. The maximum Gasteiger partial charge on any atom is 0.361 e. The predicted octanol–water partition coefficient (Wildman–Crippen LogP) is 19.9. The molecule has 9 heteroatoms. The Hall–Kier alpha value is -4.05. The van der Waals surface area contributed by atoms with Gasteiger partial charge in [-0.25, -0.2) is 4.79 Å². The lowest BCUT2D eigenvalue weighted by Gasteiger charge is -2.25. The summed E-state index contributed by atoms with van der Waals surface area (Å²) in [4.78, 5) is 37.5. The second-order valence-electron chi connectivity index (χ2n) is 22.7. The minimum absolute atomic E-state index is 0.182. The van der Waals surface area contributed by atoms with E-state index in [1.54, 1.807) is 0 Å². The highest BCUT2D eigenvalue weighted by Gasteiger charge is 2.25. The monoisotopic (exact) mass is 1120 g/mol. The Morgan fingerprint density at radius 2 is 0.713 bits per heavy atom. The van der Waals surface area contributed by atoms with Crippen molar-refractivity contribution in [2.24, 2.45) is 0 Å². The third-order valence-corrected chi connectivity index (χ3v) is 13.8. The molecule has 0 radical (unpaired) electrons. The Bertz CT molecular complexity index is 1680. The lowest BCUT2D eigenvalue weighted by Crippen LogP contribution is -2.40. The lowest BCUT2D eigenvalue weighted by molar-refractivity contribution is -0.870. The van der Waals surface area contributed by atoms with Crippen LogP contribution in [0.25, 0.3) is 0 Å². The number of nitrogens with zero attached hydrogens (tertiary/aromatic N) is 1. The molecule has 80 heavy (non-hydrogen) atoms. The number of esters is 2. The predicted molar refractivity (Wildman–Crippen MR) is 341 cm³/mol. The second-order valence-corrected chi connectivity index (χ2v) is 22.7. The van der Waals surface area contributed by atoms with Crippen LogP contribution >= 0.6 is 0 Å². The van der Waals surface area contributed by atoms with Gasteiger partial charge in [-0.3, -0.25) is 9.59 Å². The molecule has 0 rings (SSSR count). The quantitative estimate of drug-likeness (QED) is 0.0211. The van der Waals surface area contributed by atoms with Crippen molar-refractivity contribution in [1.29, 1.82) is 0 Å². The summed E-state index contributed by atoms with van der Waals surface area (Å²) in [6.07, 6.45) is 81.8. The van der Waals surface area contributed by atoms with Gasteiger partial charge in [0, 0.05) is 12.8 Å². The van der Waals surface area contributed by atoms with Gasteiger partial charge < -0.3 is 28.5 Å². The number of unbranched alkanes of at least 4 members (excludes halogenated alkanes) is 26. The summed E-state index contributed by atoms with van der Waals surface area (Å²) in [6.45, 7) is 4.77. The molecule has 0 saturated carbocycles. The largest absolute Gasteiger partial charge is 0.477 e. The van der Waals surface area contributed by atoms with E-state index in [0.717, 1.165) is 103 Å². The van der Waals surface area contributed by atoms with E-state index < -0.39 is 24.3 Å². The van der Waals surface area contributed by atoms with Crippen LogP contribution in [0.3, 0.4) is 0 Å². The van der Waals surface area contributed by atoms with Crippen molar-refractivity contribution in [2.45, 2.75) is 277 Å². The molecule has 0 fully saturated rings. The Labute approximate surface area is 492 Å². The first kappa shape index (κ1) is 76.0. The van der Waals surface area contributed by atoms with Crippen LogP contribution in [0.15, 0.2) is 109 Å². The summed E-state index contributed by atoms with van der Waals surface area (Å²) in [5, 5.41) is 9.73. The van der Waals surface area contributed by atoms with Crippen molar-refractivity contribution in [3.05, 3.63) is 109 Å². The molecule has 1 N–H and O–H groups in total. The van der Waals surface area contributed by atoms with Crippen LogP contribution in [-0.2, 0) is 33.3 Å². The van der Waals surface area contributed by atoms with E-state index in [2.05, 4.69) is 123 Å². The molecule has 0 amide bonds. The molecule has 0 aromatic carbocycles. The zero-order chi connectivity index (χ0) is 58.3. The summed E-state index contributed by atoms with van der Waals surface area (Å²) >= 11 is 0. The fraction of sp³-hybridized carbons (Fsp3) is 0.704. The number of carboxylic acids is 1. The van der Waals surface area contributed by atoms with Crippen LogP contribution < -0.4 is 0 Å². The molecule has 0 spiro atoms. The maximum absolute atomic E-state index is 12.9. The first-order valence-electron chi connectivity index (χ1n) is 32.6. The van der Waals surface area contributed by atoms with Gasteiger partial charge in [0.15, 0.2) is 6.10 Å². The summed E-state index contributed by atoms with van der Waals surface area (Å²) in [7, 11) is 5.97. The minimum Gasteiger partial charge on any atom is -0.477 e. The number of rotatable bonds is 59. The molecular weight excluding hydrogens is 995 g/mol. The normalized spacial score (nSPS) is 13.5. The van der Waals surface area contributed by atoms with E-state index in [4.69, 9.17) is 18.9 Å². The molecule has 2 unspecified atom stereocenters. The van der Waals surface area contributed by atoms with Crippen LogP contribution in [-0.4, -0.2) is 87.4 Å². The van der Waals surface area contributed by atoms with Gasteiger partial charge in [-0.15, -0.1) is 0 Å². The Balaban J connectivity index is 4.22. The highest BCUT2D eigenvalue weighted by Crippen LogP contribution is 2.17. The zero-order valence-electron chi connectivity index (χ0n) is 52.2. The van der Waals surface area contributed by atoms with E-state index in [1.165, 1.54) is 128 Å². The van der Waals surface area contributed by atoms with Gasteiger partial charge >= 0.3 is 17.9 Å². The van der Waals surface area contributed by atoms with Gasteiger partial charge in [-0.05, 0) is 83.5 Å². The van der Waals surface area contributed by atoms with Crippen LogP contribution in [0.4, 0.5) is 0 Å². The standard InChI is InChI=1S/C71H121NO8/c1-6-8-10-12-14-16-18-20-22-24-26-28-29-30-31-32-33-34-35-36-37-38-39-40-41-42-44-46-48-50-52-54-56-58-60-62-69(74)80-67(66-79-71(70(75)76)77-64-63-72(3,4)5)65-78-68(73)61-59-57-55-53-51-49-47-45-43-27-25-23-21-19-17-15-13-11-9-7-2/h8,10,14,16,20,22,26,28,30-31,33-34,36-37,39-40,42,44,67,71H,6-7,9,11-13,15,17-19,21,23-25,27,29,32,35,38,41,43,45-66H2,1-5H3/p+1/b10-8-,16-14-,22-20-,28-26-,31-30-,34-33-,37-36-,40-39-,44-42-. The highest BCUT2D eigenvalue weighted by molar-refractivity contribution is 5.71. The number of aliphatic carboxylic acids is 1. The number of hydrogen-bond acceptors (Lipinski definition) is 7. The number of ether oxygens (including phenoxy) is 4. The van der Waals surface area contributed by atoms with Gasteiger partial charge in [0.05, 0.1) is 34.4 Å². The molecule has 0 bridgehead atoms. The molecule has 0 aromatic rings. The van der Waals surface area contributed by atoms with Gasteiger partial charge in [0.2, 0.25) is 0 Å². The number of hydrogen-bond donors (Lipinski definition) is 1. The number of likely N-dealkylation sites (N-methyl/N-ethyl adjacent to an activating group) is 1. The van der Waals surface area contributed by atoms with Gasteiger partial charge in [0.25, 0.3) is 6.29 Å². The van der Waals surface area contributed by atoms with Crippen LogP contribution in [0.1, 0.15) is 264 Å². The molecule has 0 aliphatic carbocycles. The molecule has 0 aromatic heterocycles. The number of carbonyl (C=O) groups excluding carboxylic acids is 2. The summed E-state index contributed by atoms with van der Waals surface area (Å²) in [5.41, 5.74) is 0. The van der Waals surface area contributed by atoms with Crippen molar-refractivity contribution >= 4 is 17.9 Å². The summed E-state index contributed by atoms with van der Waals surface area (Å²) in [5.74, 6) is -2.02. The third kappa shape index (κ3) is 61.6. The van der Waals surface area contributed by atoms with Crippen molar-refractivity contribution in [3.8, 4) is 0 Å². The van der Waals surface area contributed by atoms with Crippen molar-refractivity contribution < 1.29 is 42.9 Å². The van der Waals surface area contributed by atoms with E-state index >= 15 is 0 Å². The van der Waals surface area contributed by atoms with Gasteiger partial charge in [0.1, 0.15) is 13.2 Å². The number of quaternary nitrogens is 1. The lowest BCUT2D eigenvalue weighted by atomic mass is 10.0. The smallest absolute Gasteiger partial charge is 0.361 e. The first-order valence-corrected chi connectivity index (χ1v) is 32.6. The number of carbonyl (C=O) groups is 3. The Kier molecular flexibility index (Phi) is 57.9. The van der Waals surface area contributed by atoms with Crippen molar-refractivity contribution in [1.82, 2.24) is 0 Å². The third-order valence-electron chi connectivity index (χ3n) is 13.8. The molecule has 0 heterocycles. The SMILES string of the molecule is CC/C=C\C/C=C\C/C=C\C/C=C\C/C=C\C/C=C\C/C=C\C/C=C\C/C=C\CCCCCCCCCC(=O)OC(COC(=O)CCCCCCCCCCCCCCCCCCCCCC)COC(OCC[N+](C)(C)C)C(=O)O. The average molecular weight is 1120 g/mol. The molecule has 2 atom stereocenters. The van der Waals surface area contributed by atoms with E-state index in [0.29, 0.717) is 23.9 Å². The van der Waals surface area contributed by atoms with Gasteiger partial charge in [-0.2, -0.15) is 0 Å². The topological polar surface area (TPSA) is 108 Å². The number of carboxylic acid groups (broad SMARTS) is 1. The van der Waals surface area contributed by atoms with Crippen molar-refractivity contribution in [3.63, 3.8) is 0 Å². The van der Waals surface area contributed by atoms with Gasteiger partial charge in [-0.1, -0.05) is 277 Å². The highest BCUT2D eigenvalue weighted by atomic mass is 16.7. The zero-order valence-corrected chi connectivity index (χ0v) is 52.2. The Morgan fingerprint density at radius 1 is 0.388 bits per heavy atom. The molecular formula is C71H122NO8+. The van der Waals surface area contributed by atoms with E-state index in [-0.39, 0.29) is 32.2 Å². The second kappa shape index (κ2) is 61.0. The van der Waals surface area contributed by atoms with Crippen LogP contribution in [0.2, 0.25) is 0 Å². The summed E-state index contributed by atoms with van der Waals surface area (Å²) in [6, 6.07) is 0. The van der Waals surface area contributed by atoms with E-state index in [9.17, 15) is 19.5 Å². The van der Waals surface area contributed by atoms with E-state index in [1.807, 2.05) is 21.1 Å². The molecule has 0 saturated heterocycles. The molecule has 458 valence electrons. The maximum atomic E-state index is 12.9. The van der Waals surface area contributed by atoms with Crippen molar-refractivity contribution in [2.75, 3.05) is 47.5 Å². The average Bonchev–Trinajstić information content (AvgIpc) is 3.43. The molecule has 9 nitrogen and oxygen atoms in total.